The molecule has 7 heteroatoms. The number of benzene rings is 1. The molecular weight excluding hydrogens is 278 g/mol. The summed E-state index contributed by atoms with van der Waals surface area (Å²) in [4.78, 5) is 25.5. The third-order valence-electron chi connectivity index (χ3n) is 3.31. The van der Waals surface area contributed by atoms with Gasteiger partial charge < -0.3 is 10.0 Å². The van der Waals surface area contributed by atoms with Gasteiger partial charge in [-0.25, -0.2) is 4.79 Å². The molecule has 1 aliphatic rings. The van der Waals surface area contributed by atoms with Crippen LogP contribution >= 0.6 is 11.5 Å². The fourth-order valence-corrected chi connectivity index (χ4v) is 2.87. The predicted octanol–water partition coefficient (Wildman–Crippen LogP) is 1.70. The molecule has 0 saturated carbocycles. The quantitative estimate of drug-likeness (QED) is 0.909. The Kier molecular flexibility index (Phi) is 2.98. The molecule has 2 heterocycles. The van der Waals surface area contributed by atoms with Gasteiger partial charge in [0.2, 0.25) is 0 Å². The van der Waals surface area contributed by atoms with Crippen LogP contribution in [0.15, 0.2) is 18.2 Å². The van der Waals surface area contributed by atoms with E-state index in [-0.39, 0.29) is 11.5 Å². The number of carboxylic acid groups (broad SMARTS) is 1. The van der Waals surface area contributed by atoms with Gasteiger partial charge in [-0.2, -0.15) is 0 Å². The molecule has 0 bridgehead atoms. The van der Waals surface area contributed by atoms with Crippen LogP contribution in [0.25, 0.3) is 0 Å². The minimum absolute atomic E-state index is 0.106. The van der Waals surface area contributed by atoms with Gasteiger partial charge in [0.25, 0.3) is 5.91 Å². The second kappa shape index (κ2) is 4.68. The Morgan fingerprint density at radius 3 is 2.70 bits per heavy atom. The molecule has 0 aliphatic carbocycles. The molecule has 1 amide bonds. The van der Waals surface area contributed by atoms with Crippen LogP contribution in [0.4, 0.5) is 0 Å². The molecule has 0 unspecified atom stereocenters. The fourth-order valence-electron chi connectivity index (χ4n) is 2.24. The zero-order chi connectivity index (χ0) is 14.3. The average molecular weight is 289 g/mol. The summed E-state index contributed by atoms with van der Waals surface area (Å²) in [6.45, 7) is 2.67. The maximum Gasteiger partial charge on any atom is 0.335 e. The van der Waals surface area contributed by atoms with Crippen LogP contribution < -0.4 is 0 Å². The minimum Gasteiger partial charge on any atom is -0.478 e. The standard InChI is InChI=1S/C13H11N3O3S/c1-7-11(20-15-14-7)12(17)16-5-9-3-2-8(13(18)19)4-10(9)6-16/h2-4H,5-6H2,1H3,(H,18,19). The minimum atomic E-state index is -0.958. The molecule has 2 aromatic rings. The summed E-state index contributed by atoms with van der Waals surface area (Å²) in [6, 6.07) is 4.96. The van der Waals surface area contributed by atoms with Crippen molar-refractivity contribution in [1.82, 2.24) is 14.5 Å². The first-order valence-electron chi connectivity index (χ1n) is 5.99. The van der Waals surface area contributed by atoms with Crippen molar-refractivity contribution < 1.29 is 14.7 Å². The van der Waals surface area contributed by atoms with E-state index < -0.39 is 5.97 Å². The number of carbonyl (C=O) groups is 2. The summed E-state index contributed by atoms with van der Waals surface area (Å²) in [5, 5.41) is 12.8. The lowest BCUT2D eigenvalue weighted by Gasteiger charge is -2.13. The van der Waals surface area contributed by atoms with E-state index in [9.17, 15) is 9.59 Å². The van der Waals surface area contributed by atoms with E-state index in [1.54, 1.807) is 30.0 Å². The highest BCUT2D eigenvalue weighted by atomic mass is 32.1. The Bertz CT molecular complexity index is 711. The van der Waals surface area contributed by atoms with E-state index in [4.69, 9.17) is 5.11 Å². The molecular formula is C13H11N3O3S. The maximum atomic E-state index is 12.4. The molecule has 0 fully saturated rings. The number of aromatic nitrogens is 2. The van der Waals surface area contributed by atoms with Crippen LogP contribution in [0.2, 0.25) is 0 Å². The summed E-state index contributed by atoms with van der Waals surface area (Å²) in [6.07, 6.45) is 0. The van der Waals surface area contributed by atoms with Gasteiger partial charge in [-0.15, -0.1) is 5.10 Å². The highest BCUT2D eigenvalue weighted by molar-refractivity contribution is 7.07. The van der Waals surface area contributed by atoms with E-state index >= 15 is 0 Å². The molecule has 1 aromatic carbocycles. The van der Waals surface area contributed by atoms with Crippen molar-refractivity contribution in [3.63, 3.8) is 0 Å². The van der Waals surface area contributed by atoms with Crippen LogP contribution in [0, 0.1) is 6.92 Å². The number of carboxylic acids is 1. The molecule has 20 heavy (non-hydrogen) atoms. The molecule has 0 atom stereocenters. The Morgan fingerprint density at radius 1 is 1.30 bits per heavy atom. The molecule has 0 saturated heterocycles. The molecule has 0 spiro atoms. The molecule has 3 rings (SSSR count). The molecule has 6 nitrogen and oxygen atoms in total. The lowest BCUT2D eigenvalue weighted by atomic mass is 10.1. The fraction of sp³-hybridized carbons (Fsp3) is 0.231. The molecule has 1 N–H and O–H groups in total. The third-order valence-corrected chi connectivity index (χ3v) is 4.12. The van der Waals surface area contributed by atoms with E-state index in [2.05, 4.69) is 9.59 Å². The third kappa shape index (κ3) is 2.05. The van der Waals surface area contributed by atoms with Crippen molar-refractivity contribution in [1.29, 1.82) is 0 Å². The molecule has 0 radical (unpaired) electrons. The average Bonchev–Trinajstić information content (AvgIpc) is 3.02. The molecule has 102 valence electrons. The zero-order valence-electron chi connectivity index (χ0n) is 10.7. The van der Waals surface area contributed by atoms with Crippen LogP contribution in [0.5, 0.6) is 0 Å². The van der Waals surface area contributed by atoms with E-state index in [0.29, 0.717) is 23.7 Å². The zero-order valence-corrected chi connectivity index (χ0v) is 11.5. The van der Waals surface area contributed by atoms with Crippen molar-refractivity contribution in [3.05, 3.63) is 45.5 Å². The molecule has 1 aromatic heterocycles. The van der Waals surface area contributed by atoms with Crippen LogP contribution in [0.3, 0.4) is 0 Å². The number of nitrogens with zero attached hydrogens (tertiary/aromatic N) is 3. The van der Waals surface area contributed by atoms with E-state index in [1.807, 2.05) is 0 Å². The first kappa shape index (κ1) is 12.7. The highest BCUT2D eigenvalue weighted by Crippen LogP contribution is 2.26. The number of hydrogen-bond donors (Lipinski definition) is 1. The van der Waals surface area contributed by atoms with Crippen LogP contribution in [0.1, 0.15) is 36.9 Å². The van der Waals surface area contributed by atoms with E-state index in [0.717, 1.165) is 22.7 Å². The summed E-state index contributed by atoms with van der Waals surface area (Å²) < 4.78 is 3.77. The van der Waals surface area contributed by atoms with Gasteiger partial charge in [-0.3, -0.25) is 4.79 Å². The van der Waals surface area contributed by atoms with E-state index in [1.165, 1.54) is 0 Å². The predicted molar refractivity (Wildman–Crippen MR) is 71.6 cm³/mol. The highest BCUT2D eigenvalue weighted by Gasteiger charge is 2.27. The van der Waals surface area contributed by atoms with Gasteiger partial charge in [-0.1, -0.05) is 10.6 Å². The van der Waals surface area contributed by atoms with Crippen LogP contribution in [-0.2, 0) is 13.1 Å². The van der Waals surface area contributed by atoms with Gasteiger partial charge in [-0.05, 0) is 41.7 Å². The number of rotatable bonds is 2. The maximum absolute atomic E-state index is 12.4. The topological polar surface area (TPSA) is 83.4 Å². The van der Waals surface area contributed by atoms with Gasteiger partial charge in [0.15, 0.2) is 0 Å². The lowest BCUT2D eigenvalue weighted by molar-refractivity contribution is 0.0696. The number of carbonyl (C=O) groups excluding carboxylic acids is 1. The second-order valence-corrected chi connectivity index (χ2v) is 5.39. The smallest absolute Gasteiger partial charge is 0.335 e. The number of hydrogen-bond acceptors (Lipinski definition) is 5. The molecule has 1 aliphatic heterocycles. The SMILES string of the molecule is Cc1nnsc1C(=O)N1Cc2ccc(C(=O)O)cc2C1. The number of fused-ring (bicyclic) bond motifs is 1. The van der Waals surface area contributed by atoms with Crippen LogP contribution in [-0.4, -0.2) is 31.5 Å². The van der Waals surface area contributed by atoms with Gasteiger partial charge in [0, 0.05) is 13.1 Å². The van der Waals surface area contributed by atoms with Gasteiger partial charge in [0.05, 0.1) is 11.3 Å². The Morgan fingerprint density at radius 2 is 2.05 bits per heavy atom. The van der Waals surface area contributed by atoms with Crippen molar-refractivity contribution in [2.24, 2.45) is 0 Å². The van der Waals surface area contributed by atoms with Crippen molar-refractivity contribution in [3.8, 4) is 0 Å². The second-order valence-electron chi connectivity index (χ2n) is 4.64. The number of aryl methyl sites for hydroxylation is 1. The Labute approximate surface area is 118 Å². The summed E-state index contributed by atoms with van der Waals surface area (Å²) in [5.41, 5.74) is 2.74. The summed E-state index contributed by atoms with van der Waals surface area (Å²) >= 11 is 1.08. The summed E-state index contributed by atoms with van der Waals surface area (Å²) in [7, 11) is 0. The summed E-state index contributed by atoms with van der Waals surface area (Å²) in [5.74, 6) is -1.06. The number of amides is 1. The largest absolute Gasteiger partial charge is 0.478 e. The first-order chi connectivity index (χ1) is 9.56. The van der Waals surface area contributed by atoms with Crippen molar-refractivity contribution >= 4 is 23.4 Å². The van der Waals surface area contributed by atoms with Gasteiger partial charge >= 0.3 is 5.97 Å². The van der Waals surface area contributed by atoms with Gasteiger partial charge in [0.1, 0.15) is 4.88 Å². The normalized spacial score (nSPS) is 13.3. The Balaban J connectivity index is 1.85. The number of aromatic carboxylic acids is 1. The first-order valence-corrected chi connectivity index (χ1v) is 6.77. The Hall–Kier alpha value is -2.28. The van der Waals surface area contributed by atoms with Crippen molar-refractivity contribution in [2.45, 2.75) is 20.0 Å². The van der Waals surface area contributed by atoms with Crippen molar-refractivity contribution in [2.75, 3.05) is 0 Å². The lowest BCUT2D eigenvalue weighted by Crippen LogP contribution is -2.25. The monoisotopic (exact) mass is 289 g/mol.